The van der Waals surface area contributed by atoms with Gasteiger partial charge in [-0.1, -0.05) is 0 Å². The molecular weight excluding hydrogens is 632 g/mol. The Morgan fingerprint density at radius 2 is 1.40 bits per heavy atom. The van der Waals surface area contributed by atoms with Gasteiger partial charge in [0.25, 0.3) is 0 Å². The van der Waals surface area contributed by atoms with Crippen LogP contribution < -0.4 is 24.4 Å². The molecule has 258 valence electrons. The molecular formula is C30H36O17. The van der Waals surface area contributed by atoms with Crippen LogP contribution in [0, 0.1) is 0 Å². The summed E-state index contributed by atoms with van der Waals surface area (Å²) in [5.41, 5.74) is -0.760. The highest BCUT2D eigenvalue weighted by molar-refractivity contribution is 5.88. The van der Waals surface area contributed by atoms with E-state index in [0.29, 0.717) is 5.75 Å². The molecule has 0 radical (unpaired) electrons. The van der Waals surface area contributed by atoms with Gasteiger partial charge in [-0.15, -0.1) is 0 Å². The molecule has 0 aliphatic carbocycles. The van der Waals surface area contributed by atoms with Gasteiger partial charge in [0.05, 0.1) is 34.5 Å². The molecule has 17 nitrogen and oxygen atoms in total. The number of aliphatic hydroxyl groups excluding tert-OH is 7. The van der Waals surface area contributed by atoms with E-state index in [1.165, 1.54) is 51.7 Å². The third-order valence-corrected chi connectivity index (χ3v) is 7.98. The molecule has 8 N–H and O–H groups in total. The van der Waals surface area contributed by atoms with Crippen LogP contribution in [0.4, 0.5) is 0 Å². The minimum Gasteiger partial charge on any atom is -0.507 e. The van der Waals surface area contributed by atoms with E-state index in [1.807, 2.05) is 0 Å². The molecule has 0 saturated carbocycles. The Bertz CT molecular complexity index is 1610. The molecule has 3 heterocycles. The summed E-state index contributed by atoms with van der Waals surface area (Å²) in [6, 6.07) is 7.07. The van der Waals surface area contributed by atoms with Crippen molar-refractivity contribution in [3.63, 3.8) is 0 Å². The van der Waals surface area contributed by atoms with Crippen molar-refractivity contribution in [3.05, 3.63) is 40.6 Å². The van der Waals surface area contributed by atoms with E-state index in [9.17, 15) is 45.6 Å². The van der Waals surface area contributed by atoms with Crippen LogP contribution in [0.15, 0.2) is 39.5 Å². The number of aromatic hydroxyl groups is 1. The molecule has 0 amide bonds. The van der Waals surface area contributed by atoms with E-state index in [0.717, 1.165) is 0 Å². The first kappa shape index (κ1) is 34.6. The summed E-state index contributed by atoms with van der Waals surface area (Å²) in [6.07, 6.45) is -17.3. The summed E-state index contributed by atoms with van der Waals surface area (Å²) in [5.74, 6) is -0.497. The lowest BCUT2D eigenvalue weighted by atomic mass is 9.97. The van der Waals surface area contributed by atoms with Gasteiger partial charge in [-0.25, -0.2) is 0 Å². The van der Waals surface area contributed by atoms with E-state index in [4.69, 9.17) is 37.6 Å². The molecule has 5 rings (SSSR count). The second-order valence-corrected chi connectivity index (χ2v) is 10.8. The average molecular weight is 669 g/mol. The number of methoxy groups -OCH3 is 3. The normalized spacial score (nSPS) is 31.0. The fourth-order valence-electron chi connectivity index (χ4n) is 5.42. The van der Waals surface area contributed by atoms with Gasteiger partial charge in [-0.2, -0.15) is 0 Å². The van der Waals surface area contributed by atoms with Gasteiger partial charge < -0.3 is 78.4 Å². The molecule has 17 heteroatoms. The van der Waals surface area contributed by atoms with Crippen LogP contribution in [-0.2, 0) is 14.2 Å². The van der Waals surface area contributed by atoms with Crippen LogP contribution in [0.2, 0.25) is 0 Å². The largest absolute Gasteiger partial charge is 0.507 e. The molecule has 0 spiro atoms. The number of benzene rings is 2. The summed E-state index contributed by atoms with van der Waals surface area (Å²) in [4.78, 5) is 13.9. The minimum absolute atomic E-state index is 0.0876. The molecule has 2 aliphatic heterocycles. The Hall–Kier alpha value is -3.75. The Morgan fingerprint density at radius 1 is 0.745 bits per heavy atom. The average Bonchev–Trinajstić information content (AvgIpc) is 3.08. The highest BCUT2D eigenvalue weighted by Crippen LogP contribution is 2.40. The van der Waals surface area contributed by atoms with E-state index in [1.54, 1.807) is 0 Å². The van der Waals surface area contributed by atoms with Crippen molar-refractivity contribution in [2.45, 2.75) is 61.4 Å². The van der Waals surface area contributed by atoms with Gasteiger partial charge in [0, 0.05) is 17.7 Å². The van der Waals surface area contributed by atoms with E-state index >= 15 is 0 Å². The van der Waals surface area contributed by atoms with Crippen LogP contribution in [-0.4, -0.2) is 137 Å². The van der Waals surface area contributed by atoms with Gasteiger partial charge in [0.2, 0.25) is 17.5 Å². The summed E-state index contributed by atoms with van der Waals surface area (Å²) in [7, 11) is 4.17. The zero-order valence-electron chi connectivity index (χ0n) is 25.3. The first-order chi connectivity index (χ1) is 22.5. The second-order valence-electron chi connectivity index (χ2n) is 10.8. The van der Waals surface area contributed by atoms with Crippen molar-refractivity contribution < 1.29 is 78.4 Å². The first-order valence-corrected chi connectivity index (χ1v) is 14.3. The van der Waals surface area contributed by atoms with Crippen LogP contribution in [0.1, 0.15) is 0 Å². The van der Waals surface area contributed by atoms with Crippen molar-refractivity contribution in [2.24, 2.45) is 0 Å². The van der Waals surface area contributed by atoms with Gasteiger partial charge >= 0.3 is 0 Å². The number of phenols is 1. The molecule has 0 unspecified atom stereocenters. The van der Waals surface area contributed by atoms with Crippen LogP contribution in [0.3, 0.4) is 0 Å². The maximum absolute atomic E-state index is 13.9. The third-order valence-electron chi connectivity index (χ3n) is 7.98. The summed E-state index contributed by atoms with van der Waals surface area (Å²) >= 11 is 0. The Balaban J connectivity index is 1.52. The predicted octanol–water partition coefficient (Wildman–Crippen LogP) is -1.81. The second kappa shape index (κ2) is 14.2. The topological polar surface area (TPSA) is 257 Å². The van der Waals surface area contributed by atoms with Crippen molar-refractivity contribution in [2.75, 3.05) is 34.5 Å². The van der Waals surface area contributed by atoms with Gasteiger partial charge in [-0.3, -0.25) is 4.79 Å². The fraction of sp³-hybridized carbons (Fsp3) is 0.500. The van der Waals surface area contributed by atoms with Gasteiger partial charge in [0.15, 0.2) is 23.5 Å². The number of hydrogen-bond acceptors (Lipinski definition) is 17. The van der Waals surface area contributed by atoms with Crippen molar-refractivity contribution >= 4 is 11.0 Å². The maximum atomic E-state index is 13.9. The fourth-order valence-corrected chi connectivity index (χ4v) is 5.42. The number of ether oxygens (including phenoxy) is 7. The van der Waals surface area contributed by atoms with Gasteiger partial charge in [-0.05, 0) is 18.2 Å². The van der Waals surface area contributed by atoms with Crippen molar-refractivity contribution in [1.29, 1.82) is 0 Å². The summed E-state index contributed by atoms with van der Waals surface area (Å²) in [5, 5.41) is 82.7. The minimum atomic E-state index is -1.98. The van der Waals surface area contributed by atoms with E-state index in [2.05, 4.69) is 0 Å². The van der Waals surface area contributed by atoms with Crippen LogP contribution >= 0.6 is 0 Å². The Kier molecular flexibility index (Phi) is 10.4. The highest BCUT2D eigenvalue weighted by Gasteiger charge is 2.51. The number of rotatable bonds is 10. The zero-order valence-corrected chi connectivity index (χ0v) is 25.3. The van der Waals surface area contributed by atoms with Crippen LogP contribution in [0.5, 0.6) is 28.7 Å². The van der Waals surface area contributed by atoms with E-state index in [-0.39, 0.29) is 33.8 Å². The lowest BCUT2D eigenvalue weighted by Crippen LogP contribution is -2.65. The summed E-state index contributed by atoms with van der Waals surface area (Å²) < 4.78 is 44.3. The van der Waals surface area contributed by atoms with Crippen molar-refractivity contribution in [3.8, 4) is 40.1 Å². The Morgan fingerprint density at radius 3 is 2.04 bits per heavy atom. The third kappa shape index (κ3) is 6.42. The molecule has 2 aliphatic rings. The summed E-state index contributed by atoms with van der Waals surface area (Å²) in [6.45, 7) is -1.60. The number of aliphatic hydroxyl groups is 7. The smallest absolute Gasteiger partial charge is 0.239 e. The molecule has 0 bridgehead atoms. The predicted molar refractivity (Wildman–Crippen MR) is 156 cm³/mol. The van der Waals surface area contributed by atoms with E-state index < -0.39 is 91.6 Å². The molecule has 2 saturated heterocycles. The molecule has 2 aromatic carbocycles. The lowest BCUT2D eigenvalue weighted by Gasteiger charge is -2.45. The maximum Gasteiger partial charge on any atom is 0.239 e. The quantitative estimate of drug-likeness (QED) is 0.118. The molecule has 2 fully saturated rings. The SMILES string of the molecule is COc1cc(O)c2c(=O)c(O[C@@H]3O[C@H](CO)[C@H](O[C@@H]4O[C@H](CO)[C@H](O)[C@H](O)[C@H]4O)[C@H](O)[C@H]3O)c(-c3ccc(OC)c(OC)c3)oc2c1. The van der Waals surface area contributed by atoms with Gasteiger partial charge in [0.1, 0.15) is 71.3 Å². The first-order valence-electron chi connectivity index (χ1n) is 14.3. The number of phenolic OH excluding ortho intramolecular Hbond substituents is 1. The number of hydrogen-bond donors (Lipinski definition) is 8. The molecule has 47 heavy (non-hydrogen) atoms. The Labute approximate surface area is 266 Å². The molecule has 10 atom stereocenters. The standard InChI is InChI=1S/C30H36O17/c1-40-12-7-13(33)19-16(8-12)43-26(11-4-5-14(41-2)15(6-11)42-3)28(21(19)35)47-30-25(39)23(37)27(18(10-32)45-30)46-29-24(38)22(36)20(34)17(9-31)44-29/h4-8,17-18,20,22-25,27,29-34,36-39H,9-10H2,1-3H3/t17-,18-,20+,22+,23-,24-,25-,27+,29+,30+/m1/s1. The lowest BCUT2D eigenvalue weighted by molar-refractivity contribution is -0.352. The van der Waals surface area contributed by atoms with Crippen molar-refractivity contribution in [1.82, 2.24) is 0 Å². The zero-order chi connectivity index (χ0) is 34.2. The highest BCUT2D eigenvalue weighted by atomic mass is 16.7. The number of fused-ring (bicyclic) bond motifs is 1. The molecule has 1 aromatic heterocycles. The monoisotopic (exact) mass is 668 g/mol. The van der Waals surface area contributed by atoms with Crippen LogP contribution in [0.25, 0.3) is 22.3 Å². The molecule has 3 aromatic rings.